The fraction of sp³-hybridized carbons (Fsp3) is 0. The van der Waals surface area contributed by atoms with Gasteiger partial charge in [0.25, 0.3) is 0 Å². The lowest BCUT2D eigenvalue weighted by Crippen LogP contribution is -2.03. The van der Waals surface area contributed by atoms with Crippen LogP contribution in [0.5, 0.6) is 11.5 Å². The summed E-state index contributed by atoms with van der Waals surface area (Å²) >= 11 is 5.74. The third kappa shape index (κ3) is 2.02. The van der Waals surface area contributed by atoms with E-state index in [-0.39, 0.29) is 9.92 Å². The van der Waals surface area contributed by atoms with E-state index in [1.807, 2.05) is 0 Å². The number of phenolic OH excluding ortho intramolecular Hbond substituents is 2. The quantitative estimate of drug-likeness (QED) is 0.831. The second-order valence-electron chi connectivity index (χ2n) is 3.56. The first-order valence-electron chi connectivity index (χ1n) is 4.95. The van der Waals surface area contributed by atoms with Crippen LogP contribution in [0, 0.1) is 0 Å². The topological polar surface area (TPSA) is 74.6 Å². The van der Waals surface area contributed by atoms with Crippen LogP contribution in [0.1, 0.15) is 0 Å². The molecule has 0 aromatic heterocycles. The van der Waals surface area contributed by atoms with Crippen molar-refractivity contribution >= 4 is 21.4 Å². The molecule has 2 aromatic rings. The first-order chi connectivity index (χ1) is 8.44. The van der Waals surface area contributed by atoms with Gasteiger partial charge < -0.3 is 10.2 Å². The summed E-state index contributed by atoms with van der Waals surface area (Å²) in [6, 6.07) is 9.76. The van der Waals surface area contributed by atoms with Gasteiger partial charge in [-0.3, -0.25) is 0 Å². The molecule has 0 spiro atoms. The average molecular weight is 285 g/mol. The third-order valence-electron chi connectivity index (χ3n) is 2.38. The lowest BCUT2D eigenvalue weighted by atomic mass is 10.3. The van der Waals surface area contributed by atoms with Gasteiger partial charge in [-0.2, -0.15) is 0 Å². The zero-order chi connectivity index (χ0) is 13.3. The summed E-state index contributed by atoms with van der Waals surface area (Å²) < 4.78 is 24.5. The van der Waals surface area contributed by atoms with Gasteiger partial charge >= 0.3 is 0 Å². The van der Waals surface area contributed by atoms with Crippen molar-refractivity contribution < 1.29 is 18.6 Å². The summed E-state index contributed by atoms with van der Waals surface area (Å²) in [6.45, 7) is 0. The summed E-state index contributed by atoms with van der Waals surface area (Å²) in [6.07, 6.45) is 0. The number of aromatic hydroxyl groups is 2. The number of halogens is 1. The smallest absolute Gasteiger partial charge is 0.211 e. The zero-order valence-corrected chi connectivity index (χ0v) is 10.6. The van der Waals surface area contributed by atoms with Crippen LogP contribution in [-0.4, -0.2) is 18.6 Å². The van der Waals surface area contributed by atoms with Crippen molar-refractivity contribution in [1.29, 1.82) is 0 Å². The molecule has 0 fully saturated rings. The molecule has 4 nitrogen and oxygen atoms in total. The molecule has 0 radical (unpaired) electrons. The second kappa shape index (κ2) is 4.51. The van der Waals surface area contributed by atoms with E-state index in [0.29, 0.717) is 0 Å². The molecule has 0 saturated heterocycles. The van der Waals surface area contributed by atoms with Crippen LogP contribution >= 0.6 is 11.6 Å². The standard InChI is InChI=1S/C12H9ClO4S/c13-11-9(14)6-7-10(15)12(11)18(16,17)8-4-2-1-3-5-8/h1-7,14-15H. The first-order valence-corrected chi connectivity index (χ1v) is 6.81. The highest BCUT2D eigenvalue weighted by molar-refractivity contribution is 7.91. The number of benzene rings is 2. The van der Waals surface area contributed by atoms with Crippen molar-refractivity contribution in [2.45, 2.75) is 9.79 Å². The monoisotopic (exact) mass is 284 g/mol. The van der Waals surface area contributed by atoms with Crippen LogP contribution < -0.4 is 0 Å². The SMILES string of the molecule is O=S(=O)(c1ccccc1)c1c(O)ccc(O)c1Cl. The summed E-state index contributed by atoms with van der Waals surface area (Å²) in [5.41, 5.74) is 0. The lowest BCUT2D eigenvalue weighted by molar-refractivity contribution is 0.445. The van der Waals surface area contributed by atoms with Gasteiger partial charge in [0.1, 0.15) is 21.4 Å². The van der Waals surface area contributed by atoms with Gasteiger partial charge in [0.05, 0.1) is 4.90 Å². The van der Waals surface area contributed by atoms with Gasteiger partial charge in [0.15, 0.2) is 0 Å². The molecule has 2 rings (SSSR count). The molecule has 0 atom stereocenters. The lowest BCUT2D eigenvalue weighted by Gasteiger charge is -2.09. The Bertz CT molecular complexity index is 681. The highest BCUT2D eigenvalue weighted by Crippen LogP contribution is 2.39. The van der Waals surface area contributed by atoms with Crippen LogP contribution in [0.2, 0.25) is 5.02 Å². The Morgan fingerprint density at radius 1 is 0.889 bits per heavy atom. The van der Waals surface area contributed by atoms with E-state index in [1.54, 1.807) is 18.2 Å². The Balaban J connectivity index is 2.74. The molecule has 0 saturated carbocycles. The molecule has 0 unspecified atom stereocenters. The summed E-state index contributed by atoms with van der Waals surface area (Å²) in [7, 11) is -3.96. The maximum atomic E-state index is 12.3. The minimum atomic E-state index is -3.96. The third-order valence-corrected chi connectivity index (χ3v) is 4.72. The van der Waals surface area contributed by atoms with Gasteiger partial charge in [0, 0.05) is 0 Å². The Morgan fingerprint density at radius 3 is 2.06 bits per heavy atom. The molecule has 0 aliphatic rings. The number of sulfone groups is 1. The molecular formula is C12H9ClO4S. The molecule has 2 aromatic carbocycles. The molecule has 0 heterocycles. The molecule has 6 heteroatoms. The summed E-state index contributed by atoms with van der Waals surface area (Å²) in [5.74, 6) is -0.898. The number of hydrogen-bond acceptors (Lipinski definition) is 4. The van der Waals surface area contributed by atoms with E-state index in [0.717, 1.165) is 12.1 Å². The van der Waals surface area contributed by atoms with Crippen molar-refractivity contribution in [2.75, 3.05) is 0 Å². The second-order valence-corrected chi connectivity index (χ2v) is 5.83. The number of hydrogen-bond donors (Lipinski definition) is 2. The zero-order valence-electron chi connectivity index (χ0n) is 9.04. The average Bonchev–Trinajstić information content (AvgIpc) is 2.35. The van der Waals surface area contributed by atoms with Gasteiger partial charge in [-0.1, -0.05) is 29.8 Å². The molecule has 0 aliphatic carbocycles. The van der Waals surface area contributed by atoms with E-state index in [9.17, 15) is 18.6 Å². The highest BCUT2D eigenvalue weighted by Gasteiger charge is 2.26. The maximum Gasteiger partial charge on any atom is 0.211 e. The van der Waals surface area contributed by atoms with Gasteiger partial charge in [-0.15, -0.1) is 0 Å². The fourth-order valence-electron chi connectivity index (χ4n) is 1.51. The van der Waals surface area contributed by atoms with Gasteiger partial charge in [-0.05, 0) is 24.3 Å². The van der Waals surface area contributed by atoms with E-state index < -0.39 is 26.2 Å². The van der Waals surface area contributed by atoms with E-state index in [1.165, 1.54) is 12.1 Å². The predicted molar refractivity (Wildman–Crippen MR) is 66.7 cm³/mol. The van der Waals surface area contributed by atoms with Crippen LogP contribution in [0.25, 0.3) is 0 Å². The molecule has 0 aliphatic heterocycles. The van der Waals surface area contributed by atoms with E-state index >= 15 is 0 Å². The molecule has 0 amide bonds. The minimum absolute atomic E-state index is 0.00667. The summed E-state index contributed by atoms with van der Waals surface area (Å²) in [4.78, 5) is -0.497. The Morgan fingerprint density at radius 2 is 1.44 bits per heavy atom. The van der Waals surface area contributed by atoms with Crippen LogP contribution in [-0.2, 0) is 9.84 Å². The van der Waals surface area contributed by atoms with Crippen molar-refractivity contribution in [2.24, 2.45) is 0 Å². The Hall–Kier alpha value is -1.72. The van der Waals surface area contributed by atoms with Crippen LogP contribution in [0.3, 0.4) is 0 Å². The van der Waals surface area contributed by atoms with Crippen molar-refractivity contribution in [3.63, 3.8) is 0 Å². The molecule has 18 heavy (non-hydrogen) atoms. The van der Waals surface area contributed by atoms with Crippen molar-refractivity contribution in [3.05, 3.63) is 47.5 Å². The molecule has 94 valence electrons. The number of rotatable bonds is 2. The largest absolute Gasteiger partial charge is 0.507 e. The Labute approximate surface area is 109 Å². The first kappa shape index (κ1) is 12.7. The molecule has 0 bridgehead atoms. The molecule has 2 N–H and O–H groups in total. The predicted octanol–water partition coefficient (Wildman–Crippen LogP) is 2.58. The molecular weight excluding hydrogens is 276 g/mol. The minimum Gasteiger partial charge on any atom is -0.507 e. The highest BCUT2D eigenvalue weighted by atomic mass is 35.5. The van der Waals surface area contributed by atoms with E-state index in [2.05, 4.69) is 0 Å². The van der Waals surface area contributed by atoms with Crippen LogP contribution in [0.15, 0.2) is 52.3 Å². The van der Waals surface area contributed by atoms with Crippen molar-refractivity contribution in [1.82, 2.24) is 0 Å². The number of phenols is 2. The van der Waals surface area contributed by atoms with Gasteiger partial charge in [-0.25, -0.2) is 8.42 Å². The van der Waals surface area contributed by atoms with Gasteiger partial charge in [0.2, 0.25) is 9.84 Å². The normalized spacial score (nSPS) is 11.4. The van der Waals surface area contributed by atoms with E-state index in [4.69, 9.17) is 11.6 Å². The maximum absolute atomic E-state index is 12.3. The van der Waals surface area contributed by atoms with Crippen LogP contribution in [0.4, 0.5) is 0 Å². The Kier molecular flexibility index (Phi) is 3.19. The van der Waals surface area contributed by atoms with Crippen molar-refractivity contribution in [3.8, 4) is 11.5 Å². The fourth-order valence-corrected chi connectivity index (χ4v) is 3.41. The summed E-state index contributed by atoms with van der Waals surface area (Å²) in [5, 5.41) is 18.7.